The third-order valence-electron chi connectivity index (χ3n) is 6.53. The van der Waals surface area contributed by atoms with Gasteiger partial charge in [-0.2, -0.15) is 0 Å². The molecule has 1 fully saturated rings. The Hall–Kier alpha value is -2.62. The summed E-state index contributed by atoms with van der Waals surface area (Å²) in [6.45, 7) is 4.24. The second kappa shape index (κ2) is 7.57. The van der Waals surface area contributed by atoms with Crippen LogP contribution in [0.5, 0.6) is 5.75 Å². The topological polar surface area (TPSA) is 12.5 Å². The van der Waals surface area contributed by atoms with Gasteiger partial charge in [0.15, 0.2) is 0 Å². The van der Waals surface area contributed by atoms with Crippen molar-refractivity contribution in [2.24, 2.45) is 0 Å². The highest BCUT2D eigenvalue weighted by molar-refractivity contribution is 7.22. The molecular weight excluding hydrogens is 386 g/mol. The molecule has 1 unspecified atom stereocenters. The molecule has 1 aromatic heterocycles. The van der Waals surface area contributed by atoms with Gasteiger partial charge in [0.1, 0.15) is 12.4 Å². The molecule has 0 saturated carbocycles. The van der Waals surface area contributed by atoms with E-state index in [4.69, 9.17) is 4.74 Å². The summed E-state index contributed by atoms with van der Waals surface area (Å²) in [5.74, 6) is 1.27. The molecule has 2 heterocycles. The summed E-state index contributed by atoms with van der Waals surface area (Å²) in [4.78, 5) is 3.93. The molecule has 30 heavy (non-hydrogen) atoms. The van der Waals surface area contributed by atoms with Crippen LogP contribution in [0.1, 0.15) is 35.4 Å². The lowest BCUT2D eigenvalue weighted by Gasteiger charge is -2.17. The molecule has 0 bridgehead atoms. The Morgan fingerprint density at radius 3 is 2.50 bits per heavy atom. The molecule has 6 rings (SSSR count). The van der Waals surface area contributed by atoms with E-state index in [2.05, 4.69) is 77.7 Å². The average Bonchev–Trinajstić information content (AvgIpc) is 3.50. The summed E-state index contributed by atoms with van der Waals surface area (Å²) in [5, 5.41) is 1.39. The van der Waals surface area contributed by atoms with Crippen molar-refractivity contribution in [3.05, 3.63) is 89.5 Å². The van der Waals surface area contributed by atoms with Crippen molar-refractivity contribution >= 4 is 21.4 Å². The second-order valence-corrected chi connectivity index (χ2v) is 9.38. The van der Waals surface area contributed by atoms with Gasteiger partial charge in [0.05, 0.1) is 0 Å². The zero-order valence-electron chi connectivity index (χ0n) is 17.0. The highest BCUT2D eigenvalue weighted by Crippen LogP contribution is 2.54. The Morgan fingerprint density at radius 2 is 1.63 bits per heavy atom. The van der Waals surface area contributed by atoms with Crippen LogP contribution in [0.15, 0.2) is 72.8 Å². The lowest BCUT2D eigenvalue weighted by Crippen LogP contribution is -2.25. The Bertz CT molecular complexity index is 1190. The molecule has 2 aliphatic rings. The van der Waals surface area contributed by atoms with Crippen molar-refractivity contribution in [3.63, 3.8) is 0 Å². The van der Waals surface area contributed by atoms with E-state index >= 15 is 0 Å². The number of nitrogens with zero attached hydrogens (tertiary/aromatic N) is 1. The van der Waals surface area contributed by atoms with Crippen molar-refractivity contribution in [3.8, 4) is 16.2 Å². The predicted molar refractivity (Wildman–Crippen MR) is 126 cm³/mol. The van der Waals surface area contributed by atoms with E-state index < -0.39 is 0 Å². The normalized spacial score (nSPS) is 17.9. The largest absolute Gasteiger partial charge is 0.492 e. The van der Waals surface area contributed by atoms with E-state index in [0.717, 1.165) is 18.9 Å². The average molecular weight is 412 g/mol. The molecule has 1 atom stereocenters. The summed E-state index contributed by atoms with van der Waals surface area (Å²) < 4.78 is 7.42. The monoisotopic (exact) mass is 411 g/mol. The quantitative estimate of drug-likeness (QED) is 0.326. The second-order valence-electron chi connectivity index (χ2n) is 8.33. The molecule has 1 saturated heterocycles. The van der Waals surface area contributed by atoms with Gasteiger partial charge in [-0.25, -0.2) is 0 Å². The van der Waals surface area contributed by atoms with Gasteiger partial charge in [0, 0.05) is 22.0 Å². The van der Waals surface area contributed by atoms with E-state index in [9.17, 15) is 0 Å². The number of ether oxygens (including phenoxy) is 1. The first kappa shape index (κ1) is 18.2. The predicted octanol–water partition coefficient (Wildman–Crippen LogP) is 6.54. The van der Waals surface area contributed by atoms with Gasteiger partial charge >= 0.3 is 0 Å². The number of thiophene rings is 1. The maximum atomic E-state index is 6.04. The Balaban J connectivity index is 1.31. The summed E-state index contributed by atoms with van der Waals surface area (Å²) in [5.41, 5.74) is 5.63. The van der Waals surface area contributed by atoms with Crippen LogP contribution in [0.4, 0.5) is 0 Å². The number of fused-ring (bicyclic) bond motifs is 5. The van der Waals surface area contributed by atoms with Crippen LogP contribution >= 0.6 is 11.3 Å². The van der Waals surface area contributed by atoms with Crippen LogP contribution in [0.3, 0.4) is 0 Å². The molecule has 4 aromatic rings. The zero-order valence-corrected chi connectivity index (χ0v) is 17.8. The summed E-state index contributed by atoms with van der Waals surface area (Å²) in [7, 11) is 0. The van der Waals surface area contributed by atoms with Gasteiger partial charge in [-0.1, -0.05) is 54.6 Å². The Morgan fingerprint density at radius 1 is 0.867 bits per heavy atom. The van der Waals surface area contributed by atoms with Gasteiger partial charge in [0.25, 0.3) is 0 Å². The molecule has 0 spiro atoms. The molecule has 150 valence electrons. The minimum atomic E-state index is 0.297. The first-order valence-corrected chi connectivity index (χ1v) is 11.8. The van der Waals surface area contributed by atoms with Gasteiger partial charge in [0.2, 0.25) is 0 Å². The Labute approximate surface area is 181 Å². The Kier molecular flexibility index (Phi) is 4.59. The maximum absolute atomic E-state index is 6.04. The number of hydrogen-bond acceptors (Lipinski definition) is 3. The first-order valence-electron chi connectivity index (χ1n) is 10.9. The fraction of sp³-hybridized carbons (Fsp3) is 0.259. The van der Waals surface area contributed by atoms with E-state index in [1.54, 1.807) is 0 Å². The third kappa shape index (κ3) is 3.05. The molecule has 3 heteroatoms. The SMILES string of the molecule is c1ccc2c(c1)-c1sc3ccccc3c1C2c1ccc(OCCN2CCCC2)cc1. The van der Waals surface area contributed by atoms with Crippen LogP contribution < -0.4 is 4.74 Å². The fourth-order valence-electron chi connectivity index (χ4n) is 5.06. The van der Waals surface area contributed by atoms with Gasteiger partial charge < -0.3 is 4.74 Å². The van der Waals surface area contributed by atoms with Crippen molar-refractivity contribution < 1.29 is 4.74 Å². The van der Waals surface area contributed by atoms with Crippen LogP contribution in [0.2, 0.25) is 0 Å². The third-order valence-corrected chi connectivity index (χ3v) is 7.75. The fourth-order valence-corrected chi connectivity index (χ4v) is 6.35. The summed E-state index contributed by atoms with van der Waals surface area (Å²) in [6, 6.07) is 26.5. The van der Waals surface area contributed by atoms with E-state index in [1.165, 1.54) is 63.1 Å². The minimum Gasteiger partial charge on any atom is -0.492 e. The molecule has 0 radical (unpaired) electrons. The lowest BCUT2D eigenvalue weighted by atomic mass is 9.88. The van der Waals surface area contributed by atoms with Gasteiger partial charge in [-0.05, 0) is 71.8 Å². The smallest absolute Gasteiger partial charge is 0.119 e. The lowest BCUT2D eigenvalue weighted by molar-refractivity contribution is 0.238. The molecule has 1 aliphatic carbocycles. The first-order chi connectivity index (χ1) is 14.9. The molecule has 2 nitrogen and oxygen atoms in total. The molecular formula is C27H25NOS. The van der Waals surface area contributed by atoms with Gasteiger partial charge in [-0.15, -0.1) is 11.3 Å². The summed E-state index contributed by atoms with van der Waals surface area (Å²) in [6.07, 6.45) is 2.66. The number of benzene rings is 3. The van der Waals surface area contributed by atoms with Gasteiger partial charge in [-0.3, -0.25) is 4.90 Å². The van der Waals surface area contributed by atoms with E-state index in [-0.39, 0.29) is 0 Å². The molecule has 3 aromatic carbocycles. The van der Waals surface area contributed by atoms with Crippen LogP contribution in [0, 0.1) is 0 Å². The van der Waals surface area contributed by atoms with Crippen LogP contribution in [0.25, 0.3) is 20.5 Å². The summed E-state index contributed by atoms with van der Waals surface area (Å²) >= 11 is 1.92. The molecule has 0 N–H and O–H groups in total. The van der Waals surface area contributed by atoms with Crippen LogP contribution in [-0.2, 0) is 0 Å². The van der Waals surface area contributed by atoms with E-state index in [0.29, 0.717) is 5.92 Å². The highest BCUT2D eigenvalue weighted by atomic mass is 32.1. The van der Waals surface area contributed by atoms with Crippen LogP contribution in [-0.4, -0.2) is 31.1 Å². The van der Waals surface area contributed by atoms with Crippen molar-refractivity contribution in [1.82, 2.24) is 4.90 Å². The van der Waals surface area contributed by atoms with Crippen molar-refractivity contribution in [2.75, 3.05) is 26.2 Å². The maximum Gasteiger partial charge on any atom is 0.119 e. The minimum absolute atomic E-state index is 0.297. The van der Waals surface area contributed by atoms with Crippen molar-refractivity contribution in [1.29, 1.82) is 0 Å². The molecule has 1 aliphatic heterocycles. The number of likely N-dealkylation sites (tertiary alicyclic amines) is 1. The number of hydrogen-bond donors (Lipinski definition) is 0. The molecule has 0 amide bonds. The van der Waals surface area contributed by atoms with E-state index in [1.807, 2.05) is 11.3 Å². The standard InChI is InChI=1S/C27H25NOS/c1-2-8-22-21(7-1)25(26-23-9-3-4-10-24(23)30-27(22)26)19-11-13-20(14-12-19)29-18-17-28-15-5-6-16-28/h1-4,7-14,25H,5-6,15-18H2. The highest BCUT2D eigenvalue weighted by Gasteiger charge is 2.33. The zero-order chi connectivity index (χ0) is 19.9. The number of rotatable bonds is 5. The van der Waals surface area contributed by atoms with Crippen molar-refractivity contribution in [2.45, 2.75) is 18.8 Å².